The number of likely N-dealkylation sites (N-methyl/N-ethyl adjacent to an activating group) is 1. The first kappa shape index (κ1) is 13.5. The van der Waals surface area contributed by atoms with E-state index in [0.29, 0.717) is 32.6 Å². The number of hydrogen-bond donors (Lipinski definition) is 1. The Hall–Kier alpha value is -0.910. The lowest BCUT2D eigenvalue weighted by molar-refractivity contribution is -0.0573. The largest absolute Gasteiger partial charge is 0.388 e. The molecule has 18 heavy (non-hydrogen) atoms. The molecule has 0 atom stereocenters. The number of halogens is 1. The van der Waals surface area contributed by atoms with Crippen LogP contribution < -0.4 is 4.90 Å². The molecule has 1 aliphatic heterocycles. The SMILES string of the molecule is Cc1cnc(Cl)nc1N(C)CC1(O)CCOCC1. The standard InChI is InChI=1S/C12H18ClN3O2/c1-9-7-14-11(13)15-10(9)16(2)8-12(17)3-5-18-6-4-12/h7,17H,3-6,8H2,1-2H3. The van der Waals surface area contributed by atoms with Gasteiger partial charge in [-0.3, -0.25) is 0 Å². The third-order valence-electron chi connectivity index (χ3n) is 3.23. The van der Waals surface area contributed by atoms with E-state index >= 15 is 0 Å². The van der Waals surface area contributed by atoms with Crippen LogP contribution in [-0.2, 0) is 4.74 Å². The molecule has 2 rings (SSSR count). The molecule has 0 aliphatic carbocycles. The van der Waals surface area contributed by atoms with Gasteiger partial charge in [-0.1, -0.05) is 0 Å². The van der Waals surface area contributed by atoms with Gasteiger partial charge in [0.1, 0.15) is 5.82 Å². The van der Waals surface area contributed by atoms with Crippen molar-refractivity contribution >= 4 is 17.4 Å². The first-order chi connectivity index (χ1) is 8.50. The number of aryl methyl sites for hydroxylation is 1. The highest BCUT2D eigenvalue weighted by Crippen LogP contribution is 2.24. The maximum atomic E-state index is 10.5. The van der Waals surface area contributed by atoms with Crippen molar-refractivity contribution in [2.75, 3.05) is 31.7 Å². The number of aromatic nitrogens is 2. The van der Waals surface area contributed by atoms with Crippen molar-refractivity contribution in [3.05, 3.63) is 17.0 Å². The lowest BCUT2D eigenvalue weighted by Crippen LogP contribution is -2.46. The molecule has 5 nitrogen and oxygen atoms in total. The molecule has 1 aromatic heterocycles. The number of rotatable bonds is 3. The molecule has 0 spiro atoms. The summed E-state index contributed by atoms with van der Waals surface area (Å²) in [6, 6.07) is 0. The molecule has 1 fully saturated rings. The van der Waals surface area contributed by atoms with Gasteiger partial charge in [0.2, 0.25) is 5.28 Å². The van der Waals surface area contributed by atoms with E-state index in [0.717, 1.165) is 11.4 Å². The van der Waals surface area contributed by atoms with Gasteiger partial charge >= 0.3 is 0 Å². The van der Waals surface area contributed by atoms with Crippen LogP contribution in [0.25, 0.3) is 0 Å². The van der Waals surface area contributed by atoms with Crippen molar-refractivity contribution in [1.82, 2.24) is 9.97 Å². The Morgan fingerprint density at radius 3 is 2.83 bits per heavy atom. The average Bonchev–Trinajstić information content (AvgIpc) is 2.32. The van der Waals surface area contributed by atoms with Crippen molar-refractivity contribution < 1.29 is 9.84 Å². The Labute approximate surface area is 112 Å². The van der Waals surface area contributed by atoms with Crippen molar-refractivity contribution in [2.24, 2.45) is 0 Å². The lowest BCUT2D eigenvalue weighted by atomic mass is 9.94. The zero-order valence-electron chi connectivity index (χ0n) is 10.7. The van der Waals surface area contributed by atoms with Crippen LogP contribution in [-0.4, -0.2) is 47.5 Å². The van der Waals surface area contributed by atoms with Crippen molar-refractivity contribution in [3.63, 3.8) is 0 Å². The van der Waals surface area contributed by atoms with E-state index < -0.39 is 5.60 Å². The fraction of sp³-hybridized carbons (Fsp3) is 0.667. The molecule has 2 heterocycles. The molecule has 1 N–H and O–H groups in total. The molecular weight excluding hydrogens is 254 g/mol. The molecule has 100 valence electrons. The molecule has 6 heteroatoms. The van der Waals surface area contributed by atoms with Gasteiger partial charge in [0.25, 0.3) is 0 Å². The fourth-order valence-electron chi connectivity index (χ4n) is 2.22. The number of nitrogens with zero attached hydrogens (tertiary/aromatic N) is 3. The number of anilines is 1. The summed E-state index contributed by atoms with van der Waals surface area (Å²) in [5.41, 5.74) is 0.231. The van der Waals surface area contributed by atoms with Crippen LogP contribution in [0.4, 0.5) is 5.82 Å². The van der Waals surface area contributed by atoms with E-state index in [-0.39, 0.29) is 5.28 Å². The first-order valence-electron chi connectivity index (χ1n) is 6.01. The highest BCUT2D eigenvalue weighted by molar-refractivity contribution is 6.28. The molecule has 0 saturated carbocycles. The van der Waals surface area contributed by atoms with Crippen molar-refractivity contribution in [1.29, 1.82) is 0 Å². The summed E-state index contributed by atoms with van der Waals surface area (Å²) in [4.78, 5) is 10.1. The quantitative estimate of drug-likeness (QED) is 0.843. The van der Waals surface area contributed by atoms with Gasteiger partial charge < -0.3 is 14.7 Å². The van der Waals surface area contributed by atoms with Crippen LogP contribution in [0.3, 0.4) is 0 Å². The highest BCUT2D eigenvalue weighted by Gasteiger charge is 2.31. The minimum absolute atomic E-state index is 0.224. The van der Waals surface area contributed by atoms with Crippen molar-refractivity contribution in [2.45, 2.75) is 25.4 Å². The number of ether oxygens (including phenoxy) is 1. The monoisotopic (exact) mass is 271 g/mol. The summed E-state index contributed by atoms with van der Waals surface area (Å²) in [5, 5.41) is 10.7. The molecule has 1 aliphatic rings. The topological polar surface area (TPSA) is 58.5 Å². The van der Waals surface area contributed by atoms with E-state index in [4.69, 9.17) is 16.3 Å². The zero-order valence-corrected chi connectivity index (χ0v) is 11.4. The molecule has 0 radical (unpaired) electrons. The van der Waals surface area contributed by atoms with E-state index in [1.165, 1.54) is 0 Å². The summed E-state index contributed by atoms with van der Waals surface area (Å²) in [6.07, 6.45) is 2.99. The molecule has 1 aromatic rings. The third-order valence-corrected chi connectivity index (χ3v) is 3.41. The van der Waals surface area contributed by atoms with Crippen LogP contribution in [0.2, 0.25) is 5.28 Å². The molecule has 0 unspecified atom stereocenters. The van der Waals surface area contributed by atoms with Gasteiger partial charge in [0.15, 0.2) is 0 Å². The normalized spacial score (nSPS) is 18.7. The Morgan fingerprint density at radius 2 is 2.17 bits per heavy atom. The fourth-order valence-corrected chi connectivity index (χ4v) is 2.35. The Balaban J connectivity index is 2.11. The maximum Gasteiger partial charge on any atom is 0.224 e. The van der Waals surface area contributed by atoms with Crippen LogP contribution >= 0.6 is 11.6 Å². The van der Waals surface area contributed by atoms with Gasteiger partial charge in [0, 0.05) is 51.4 Å². The second kappa shape index (κ2) is 5.38. The van der Waals surface area contributed by atoms with Gasteiger partial charge in [-0.2, -0.15) is 0 Å². The minimum Gasteiger partial charge on any atom is -0.388 e. The summed E-state index contributed by atoms with van der Waals surface area (Å²) < 4.78 is 5.27. The summed E-state index contributed by atoms with van der Waals surface area (Å²) in [6.45, 7) is 3.66. The van der Waals surface area contributed by atoms with Crippen LogP contribution in [0.5, 0.6) is 0 Å². The van der Waals surface area contributed by atoms with Crippen molar-refractivity contribution in [3.8, 4) is 0 Å². The Bertz CT molecular complexity index is 422. The van der Waals surface area contributed by atoms with E-state index in [1.54, 1.807) is 6.20 Å². The summed E-state index contributed by atoms with van der Waals surface area (Å²) in [5.74, 6) is 0.759. The second-order valence-electron chi connectivity index (χ2n) is 4.84. The summed E-state index contributed by atoms with van der Waals surface area (Å²) in [7, 11) is 1.90. The van der Waals surface area contributed by atoms with Gasteiger partial charge in [-0.15, -0.1) is 0 Å². The zero-order chi connectivity index (χ0) is 13.2. The van der Waals surface area contributed by atoms with Crippen LogP contribution in [0.15, 0.2) is 6.20 Å². The Morgan fingerprint density at radius 1 is 1.50 bits per heavy atom. The van der Waals surface area contributed by atoms with Gasteiger partial charge in [0.05, 0.1) is 5.60 Å². The smallest absolute Gasteiger partial charge is 0.224 e. The molecule has 0 aromatic carbocycles. The third kappa shape index (κ3) is 3.10. The molecular formula is C12H18ClN3O2. The highest BCUT2D eigenvalue weighted by atomic mass is 35.5. The second-order valence-corrected chi connectivity index (χ2v) is 5.18. The van der Waals surface area contributed by atoms with Gasteiger partial charge in [-0.05, 0) is 18.5 Å². The van der Waals surface area contributed by atoms with Crippen LogP contribution in [0.1, 0.15) is 18.4 Å². The number of hydrogen-bond acceptors (Lipinski definition) is 5. The lowest BCUT2D eigenvalue weighted by Gasteiger charge is -2.36. The van der Waals surface area contributed by atoms with E-state index in [2.05, 4.69) is 9.97 Å². The molecule has 0 bridgehead atoms. The predicted octanol–water partition coefficient (Wildman–Crippen LogP) is 1.42. The minimum atomic E-state index is -0.711. The summed E-state index contributed by atoms with van der Waals surface area (Å²) >= 11 is 5.81. The van der Waals surface area contributed by atoms with Crippen LogP contribution in [0, 0.1) is 6.92 Å². The molecule has 1 saturated heterocycles. The molecule has 0 amide bonds. The number of aliphatic hydroxyl groups is 1. The van der Waals surface area contributed by atoms with E-state index in [1.807, 2.05) is 18.9 Å². The van der Waals surface area contributed by atoms with Gasteiger partial charge in [-0.25, -0.2) is 9.97 Å². The van der Waals surface area contributed by atoms with E-state index in [9.17, 15) is 5.11 Å². The first-order valence-corrected chi connectivity index (χ1v) is 6.38. The Kier molecular flexibility index (Phi) is 4.04. The predicted molar refractivity (Wildman–Crippen MR) is 70.1 cm³/mol. The average molecular weight is 272 g/mol. The maximum absolute atomic E-state index is 10.5.